The molecule has 0 saturated carbocycles. The number of benzene rings is 2. The van der Waals surface area contributed by atoms with Gasteiger partial charge in [0.25, 0.3) is 10.0 Å². The van der Waals surface area contributed by atoms with Gasteiger partial charge < -0.3 is 14.8 Å². The lowest BCUT2D eigenvalue weighted by Gasteiger charge is -2.26. The first-order valence-electron chi connectivity index (χ1n) is 9.06. The summed E-state index contributed by atoms with van der Waals surface area (Å²) in [5, 5.41) is 2.57. The van der Waals surface area contributed by atoms with E-state index >= 15 is 0 Å². The fourth-order valence-corrected chi connectivity index (χ4v) is 4.32. The van der Waals surface area contributed by atoms with E-state index in [1.54, 1.807) is 18.2 Å². The van der Waals surface area contributed by atoms with E-state index in [2.05, 4.69) is 10.3 Å². The molecular formula is C21H20FN3O5S. The van der Waals surface area contributed by atoms with Crippen LogP contribution in [0.4, 0.5) is 15.8 Å². The summed E-state index contributed by atoms with van der Waals surface area (Å²) in [7, 11) is -1.71. The minimum atomic E-state index is -4.48. The second-order valence-electron chi connectivity index (χ2n) is 6.27. The lowest BCUT2D eigenvalue weighted by Crippen LogP contribution is -2.38. The third-order valence-corrected chi connectivity index (χ3v) is 6.08. The molecule has 0 unspecified atom stereocenters. The number of hydrogen-bond acceptors (Lipinski definition) is 6. The van der Waals surface area contributed by atoms with Crippen molar-refractivity contribution in [3.8, 4) is 11.5 Å². The molecule has 0 bridgehead atoms. The molecule has 0 aliphatic rings. The van der Waals surface area contributed by atoms with E-state index in [1.165, 1.54) is 50.9 Å². The molecule has 1 heterocycles. The number of amides is 1. The molecule has 10 heteroatoms. The van der Waals surface area contributed by atoms with Crippen molar-refractivity contribution < 1.29 is 27.1 Å². The van der Waals surface area contributed by atoms with E-state index in [-0.39, 0.29) is 11.4 Å². The third kappa shape index (κ3) is 4.92. The van der Waals surface area contributed by atoms with Crippen LogP contribution in [0, 0.1) is 5.82 Å². The van der Waals surface area contributed by atoms with Crippen LogP contribution in [0.5, 0.6) is 11.5 Å². The normalized spacial score (nSPS) is 10.9. The van der Waals surface area contributed by atoms with Gasteiger partial charge >= 0.3 is 0 Å². The fourth-order valence-electron chi connectivity index (χ4n) is 2.83. The van der Waals surface area contributed by atoms with Crippen molar-refractivity contribution in [2.24, 2.45) is 0 Å². The quantitative estimate of drug-likeness (QED) is 0.572. The van der Waals surface area contributed by atoms with E-state index in [0.29, 0.717) is 11.4 Å². The van der Waals surface area contributed by atoms with E-state index in [0.717, 1.165) is 16.4 Å². The summed E-state index contributed by atoms with van der Waals surface area (Å²) in [6.45, 7) is -0.644. The zero-order valence-electron chi connectivity index (χ0n) is 16.8. The van der Waals surface area contributed by atoms with E-state index < -0.39 is 33.2 Å². The average Bonchev–Trinajstić information content (AvgIpc) is 2.77. The Morgan fingerprint density at radius 1 is 1.10 bits per heavy atom. The molecule has 0 aliphatic carbocycles. The number of ether oxygens (including phenoxy) is 2. The van der Waals surface area contributed by atoms with Crippen LogP contribution < -0.4 is 19.1 Å². The molecule has 3 aromatic rings. The number of nitrogens with one attached hydrogen (secondary N) is 1. The van der Waals surface area contributed by atoms with Crippen molar-refractivity contribution >= 4 is 27.3 Å². The Morgan fingerprint density at radius 2 is 1.87 bits per heavy atom. The van der Waals surface area contributed by atoms with Crippen LogP contribution in [0.1, 0.15) is 0 Å². The number of rotatable bonds is 8. The number of hydrogen-bond donors (Lipinski definition) is 1. The highest BCUT2D eigenvalue weighted by Gasteiger charge is 2.32. The molecular weight excluding hydrogens is 425 g/mol. The first-order chi connectivity index (χ1) is 14.9. The van der Waals surface area contributed by atoms with Crippen LogP contribution in [0.2, 0.25) is 0 Å². The van der Waals surface area contributed by atoms with Crippen LogP contribution in [0.25, 0.3) is 0 Å². The minimum absolute atomic E-state index is 0.0199. The molecule has 31 heavy (non-hydrogen) atoms. The fraction of sp³-hybridized carbons (Fsp3) is 0.143. The van der Waals surface area contributed by atoms with Gasteiger partial charge in [-0.1, -0.05) is 12.1 Å². The first kappa shape index (κ1) is 22.0. The van der Waals surface area contributed by atoms with E-state index in [9.17, 15) is 17.6 Å². The highest BCUT2D eigenvalue weighted by atomic mass is 32.2. The number of nitrogens with zero attached hydrogens (tertiary/aromatic N) is 2. The molecule has 0 saturated heterocycles. The van der Waals surface area contributed by atoms with Crippen molar-refractivity contribution in [2.75, 3.05) is 30.4 Å². The van der Waals surface area contributed by atoms with Gasteiger partial charge in [0, 0.05) is 12.3 Å². The molecule has 0 atom stereocenters. The molecule has 1 N–H and O–H groups in total. The SMILES string of the molecule is COc1ccc(OC)c(N(CC(=O)Nc2cccnc2)S(=O)(=O)c2ccccc2F)c1. The maximum absolute atomic E-state index is 14.4. The molecule has 3 rings (SSSR count). The number of methoxy groups -OCH3 is 2. The van der Waals surface area contributed by atoms with Crippen LogP contribution in [0.3, 0.4) is 0 Å². The third-order valence-electron chi connectivity index (χ3n) is 4.29. The summed E-state index contributed by atoms with van der Waals surface area (Å²) in [6.07, 6.45) is 2.95. The van der Waals surface area contributed by atoms with Gasteiger partial charge in [0.15, 0.2) is 0 Å². The molecule has 0 spiro atoms. The number of carbonyl (C=O) groups is 1. The summed E-state index contributed by atoms with van der Waals surface area (Å²) in [4.78, 5) is 16.0. The maximum atomic E-state index is 14.4. The summed E-state index contributed by atoms with van der Waals surface area (Å²) in [5.74, 6) is -1.10. The van der Waals surface area contributed by atoms with Crippen molar-refractivity contribution in [2.45, 2.75) is 4.90 Å². The lowest BCUT2D eigenvalue weighted by atomic mass is 10.2. The monoisotopic (exact) mass is 445 g/mol. The average molecular weight is 445 g/mol. The van der Waals surface area contributed by atoms with Gasteiger partial charge in [0.1, 0.15) is 28.8 Å². The Morgan fingerprint density at radius 3 is 2.52 bits per heavy atom. The van der Waals surface area contributed by atoms with E-state index in [4.69, 9.17) is 9.47 Å². The number of anilines is 2. The van der Waals surface area contributed by atoms with Gasteiger partial charge in [-0.2, -0.15) is 0 Å². The second kappa shape index (κ2) is 9.43. The highest BCUT2D eigenvalue weighted by Crippen LogP contribution is 2.36. The number of carbonyl (C=O) groups excluding carboxylic acids is 1. The van der Waals surface area contributed by atoms with Crippen LogP contribution >= 0.6 is 0 Å². The van der Waals surface area contributed by atoms with Gasteiger partial charge in [0.05, 0.1) is 31.8 Å². The minimum Gasteiger partial charge on any atom is -0.497 e. The molecule has 1 aromatic heterocycles. The molecule has 8 nitrogen and oxygen atoms in total. The topological polar surface area (TPSA) is 97.8 Å². The summed E-state index contributed by atoms with van der Waals surface area (Å²) in [6, 6.07) is 12.6. The Labute approximate surface area is 179 Å². The first-order valence-corrected chi connectivity index (χ1v) is 10.5. The van der Waals surface area contributed by atoms with E-state index in [1.807, 2.05) is 0 Å². The van der Waals surface area contributed by atoms with Gasteiger partial charge in [0.2, 0.25) is 5.91 Å². The molecule has 162 valence electrons. The molecule has 0 aliphatic heterocycles. The van der Waals surface area contributed by atoms with Gasteiger partial charge in [-0.15, -0.1) is 0 Å². The second-order valence-corrected chi connectivity index (χ2v) is 8.10. The predicted molar refractivity (Wildman–Crippen MR) is 113 cm³/mol. The standard InChI is InChI=1S/C21H20FN3O5S/c1-29-16-9-10-19(30-2)18(12-16)25(14-21(26)24-15-6-5-11-23-13-15)31(27,28)20-8-4-3-7-17(20)22/h3-13H,14H2,1-2H3,(H,24,26). The number of sulfonamides is 1. The molecule has 2 aromatic carbocycles. The van der Waals surface area contributed by atoms with Crippen LogP contribution in [-0.4, -0.2) is 40.1 Å². The predicted octanol–water partition coefficient (Wildman–Crippen LogP) is 3.07. The Balaban J connectivity index is 2.08. The Kier molecular flexibility index (Phi) is 6.71. The van der Waals surface area contributed by atoms with Crippen molar-refractivity contribution in [1.82, 2.24) is 4.98 Å². The summed E-state index contributed by atoms with van der Waals surface area (Å²) >= 11 is 0. The Bertz CT molecular complexity index is 1170. The zero-order valence-corrected chi connectivity index (χ0v) is 17.6. The number of halogens is 1. The Hall–Kier alpha value is -3.66. The van der Waals surface area contributed by atoms with Crippen molar-refractivity contribution in [3.05, 3.63) is 72.8 Å². The maximum Gasteiger partial charge on any atom is 0.267 e. The zero-order chi connectivity index (χ0) is 22.4. The molecule has 0 fully saturated rings. The smallest absolute Gasteiger partial charge is 0.267 e. The number of aromatic nitrogens is 1. The van der Waals surface area contributed by atoms with Crippen LogP contribution in [0.15, 0.2) is 71.9 Å². The van der Waals surface area contributed by atoms with Gasteiger partial charge in [-0.05, 0) is 36.4 Å². The summed E-state index contributed by atoms with van der Waals surface area (Å²) < 4.78 is 52.5. The van der Waals surface area contributed by atoms with Gasteiger partial charge in [-0.3, -0.25) is 14.1 Å². The summed E-state index contributed by atoms with van der Waals surface area (Å²) in [5.41, 5.74) is 0.403. The largest absolute Gasteiger partial charge is 0.497 e. The molecule has 1 amide bonds. The van der Waals surface area contributed by atoms with Crippen LogP contribution in [-0.2, 0) is 14.8 Å². The van der Waals surface area contributed by atoms with Crippen molar-refractivity contribution in [1.29, 1.82) is 0 Å². The number of pyridine rings is 1. The highest BCUT2D eigenvalue weighted by molar-refractivity contribution is 7.92. The molecule has 0 radical (unpaired) electrons. The van der Waals surface area contributed by atoms with Crippen molar-refractivity contribution in [3.63, 3.8) is 0 Å². The lowest BCUT2D eigenvalue weighted by molar-refractivity contribution is -0.114. The van der Waals surface area contributed by atoms with Gasteiger partial charge in [-0.25, -0.2) is 12.8 Å².